The van der Waals surface area contributed by atoms with Gasteiger partial charge in [0.15, 0.2) is 0 Å². The number of imidazole rings is 1. The zero-order valence-electron chi connectivity index (χ0n) is 16.2. The van der Waals surface area contributed by atoms with Gasteiger partial charge in [0.05, 0.1) is 16.0 Å². The van der Waals surface area contributed by atoms with Crippen LogP contribution in [0, 0.1) is 10.1 Å². The van der Waals surface area contributed by atoms with Crippen LogP contribution in [-0.4, -0.2) is 58.5 Å². The third-order valence-electron chi connectivity index (χ3n) is 5.12. The molecule has 0 atom stereocenters. The molecule has 1 saturated heterocycles. The number of hydrogen-bond donors (Lipinski definition) is 2. The van der Waals surface area contributed by atoms with Crippen LogP contribution in [0.3, 0.4) is 0 Å². The van der Waals surface area contributed by atoms with Crippen LogP contribution in [-0.2, 0) is 6.42 Å². The van der Waals surface area contributed by atoms with Crippen LogP contribution >= 0.6 is 11.6 Å². The molecule has 0 bridgehead atoms. The number of aromatic amines is 1. The highest BCUT2D eigenvalue weighted by Crippen LogP contribution is 2.31. The third-order valence-corrected chi connectivity index (χ3v) is 5.35. The highest BCUT2D eigenvalue weighted by atomic mass is 35.5. The van der Waals surface area contributed by atoms with Crippen LogP contribution in [0.1, 0.15) is 5.82 Å². The lowest BCUT2D eigenvalue weighted by Crippen LogP contribution is -2.52. The molecule has 9 nitrogen and oxygen atoms in total. The van der Waals surface area contributed by atoms with Gasteiger partial charge in [-0.1, -0.05) is 23.7 Å². The number of nitrogens with zero attached hydrogens (tertiary/aromatic N) is 4. The first kappa shape index (κ1) is 20.0. The van der Waals surface area contributed by atoms with E-state index >= 15 is 0 Å². The highest BCUT2D eigenvalue weighted by Gasteiger charge is 2.25. The molecule has 1 aliphatic rings. The van der Waals surface area contributed by atoms with Crippen LogP contribution in [0.4, 0.5) is 16.2 Å². The van der Waals surface area contributed by atoms with Crippen molar-refractivity contribution >= 4 is 40.0 Å². The molecule has 0 radical (unpaired) electrons. The number of fused-ring (bicyclic) bond motifs is 1. The topological polar surface area (TPSA) is 107 Å². The Morgan fingerprint density at radius 1 is 1.20 bits per heavy atom. The van der Waals surface area contributed by atoms with E-state index in [1.165, 1.54) is 6.07 Å². The maximum Gasteiger partial charge on any atom is 0.317 e. The zero-order chi connectivity index (χ0) is 21.1. The molecule has 0 unspecified atom stereocenters. The van der Waals surface area contributed by atoms with Crippen molar-refractivity contribution in [3.8, 4) is 0 Å². The molecular formula is C20H21ClN6O3. The molecule has 1 aromatic heterocycles. The fraction of sp³-hybridized carbons (Fsp3) is 0.300. The van der Waals surface area contributed by atoms with Crippen LogP contribution in [0.25, 0.3) is 11.0 Å². The van der Waals surface area contributed by atoms with Crippen molar-refractivity contribution in [1.82, 2.24) is 20.2 Å². The van der Waals surface area contributed by atoms with Crippen molar-refractivity contribution in [3.05, 3.63) is 63.4 Å². The molecule has 1 aliphatic heterocycles. The van der Waals surface area contributed by atoms with Gasteiger partial charge in [0, 0.05) is 50.2 Å². The maximum atomic E-state index is 12.5. The number of rotatable bonds is 5. The number of piperazine rings is 1. The van der Waals surface area contributed by atoms with Crippen molar-refractivity contribution in [2.24, 2.45) is 0 Å². The second-order valence-corrected chi connectivity index (χ2v) is 7.48. The largest absolute Gasteiger partial charge is 0.362 e. The summed E-state index contributed by atoms with van der Waals surface area (Å²) in [5.74, 6) is 0.830. The van der Waals surface area contributed by atoms with Gasteiger partial charge in [-0.05, 0) is 24.3 Å². The van der Waals surface area contributed by atoms with Crippen LogP contribution in [0.5, 0.6) is 0 Å². The second kappa shape index (κ2) is 8.58. The van der Waals surface area contributed by atoms with E-state index < -0.39 is 4.92 Å². The Bertz CT molecular complexity index is 1040. The molecular weight excluding hydrogens is 408 g/mol. The van der Waals surface area contributed by atoms with Gasteiger partial charge in [-0.25, -0.2) is 9.78 Å². The number of nitro benzene ring substituents is 1. The van der Waals surface area contributed by atoms with Gasteiger partial charge >= 0.3 is 6.03 Å². The molecule has 3 aromatic rings. The number of hydrogen-bond acceptors (Lipinski definition) is 5. The minimum absolute atomic E-state index is 0.0220. The molecule has 156 valence electrons. The lowest BCUT2D eigenvalue weighted by atomic mass is 10.2. The number of anilines is 1. The smallest absolute Gasteiger partial charge is 0.317 e. The average Bonchev–Trinajstić information content (AvgIpc) is 3.16. The lowest BCUT2D eigenvalue weighted by molar-refractivity contribution is -0.384. The summed E-state index contributed by atoms with van der Waals surface area (Å²) in [7, 11) is 0. The predicted octanol–water partition coefficient (Wildman–Crippen LogP) is 3.20. The van der Waals surface area contributed by atoms with E-state index in [0.717, 1.165) is 16.9 Å². The highest BCUT2D eigenvalue weighted by molar-refractivity contribution is 6.30. The van der Waals surface area contributed by atoms with Gasteiger partial charge in [0.25, 0.3) is 5.69 Å². The average molecular weight is 429 g/mol. The van der Waals surface area contributed by atoms with Gasteiger partial charge < -0.3 is 20.1 Å². The van der Waals surface area contributed by atoms with Crippen LogP contribution in [0.15, 0.2) is 42.5 Å². The van der Waals surface area contributed by atoms with Crippen molar-refractivity contribution < 1.29 is 9.72 Å². The maximum absolute atomic E-state index is 12.5. The van der Waals surface area contributed by atoms with E-state index in [4.69, 9.17) is 11.6 Å². The van der Waals surface area contributed by atoms with E-state index in [1.807, 2.05) is 29.2 Å². The van der Waals surface area contributed by atoms with E-state index in [2.05, 4.69) is 15.3 Å². The fourth-order valence-electron chi connectivity index (χ4n) is 3.58. The van der Waals surface area contributed by atoms with Crippen LogP contribution in [0.2, 0.25) is 5.02 Å². The number of amides is 2. The molecule has 0 saturated carbocycles. The van der Waals surface area contributed by atoms with Crippen molar-refractivity contribution in [2.75, 3.05) is 37.6 Å². The first-order chi connectivity index (χ1) is 14.5. The van der Waals surface area contributed by atoms with E-state index in [9.17, 15) is 14.9 Å². The standard InChI is InChI=1S/C20H21ClN6O3/c21-14-5-6-17(18(13-14)27(29)30)25-9-11-26(12-10-25)20(28)22-8-7-19-23-15-3-1-2-4-16(15)24-19/h1-6,13H,7-12H2,(H,22,28)(H,23,24). The fourth-order valence-corrected chi connectivity index (χ4v) is 3.75. The number of carbonyl (C=O) groups excluding carboxylic acids is 1. The van der Waals surface area contributed by atoms with Gasteiger partial charge in [0.1, 0.15) is 11.5 Å². The Hall–Kier alpha value is -3.33. The Labute approximate surface area is 177 Å². The van der Waals surface area contributed by atoms with E-state index in [1.54, 1.807) is 17.0 Å². The Morgan fingerprint density at radius 3 is 2.70 bits per heavy atom. The minimum atomic E-state index is -0.432. The summed E-state index contributed by atoms with van der Waals surface area (Å²) in [4.78, 5) is 34.7. The number of aromatic nitrogens is 2. The lowest BCUT2D eigenvalue weighted by Gasteiger charge is -2.35. The summed E-state index contributed by atoms with van der Waals surface area (Å²) in [6, 6.07) is 12.3. The summed E-state index contributed by atoms with van der Waals surface area (Å²) in [6.07, 6.45) is 0.608. The van der Waals surface area contributed by atoms with Crippen molar-refractivity contribution in [1.29, 1.82) is 0 Å². The normalized spacial score (nSPS) is 14.2. The van der Waals surface area contributed by atoms with Crippen molar-refractivity contribution in [3.63, 3.8) is 0 Å². The quantitative estimate of drug-likeness (QED) is 0.479. The number of H-pyrrole nitrogens is 1. The summed E-state index contributed by atoms with van der Waals surface area (Å²) < 4.78 is 0. The Kier molecular flexibility index (Phi) is 5.71. The molecule has 30 heavy (non-hydrogen) atoms. The van der Waals surface area contributed by atoms with Crippen molar-refractivity contribution in [2.45, 2.75) is 6.42 Å². The number of nitro groups is 1. The van der Waals surface area contributed by atoms with Gasteiger partial charge in [-0.15, -0.1) is 0 Å². The molecule has 4 rings (SSSR count). The third kappa shape index (κ3) is 4.30. The monoisotopic (exact) mass is 428 g/mol. The van der Waals surface area contributed by atoms with Gasteiger partial charge in [0.2, 0.25) is 0 Å². The summed E-state index contributed by atoms with van der Waals surface area (Å²) >= 11 is 5.89. The number of benzene rings is 2. The number of urea groups is 1. The first-order valence-corrected chi connectivity index (χ1v) is 10.0. The van der Waals surface area contributed by atoms with Gasteiger partial charge in [-0.3, -0.25) is 10.1 Å². The molecule has 0 aliphatic carbocycles. The molecule has 2 heterocycles. The molecule has 10 heteroatoms. The Morgan fingerprint density at radius 2 is 1.97 bits per heavy atom. The molecule has 2 N–H and O–H groups in total. The Balaban J connectivity index is 1.29. The number of carbonyl (C=O) groups is 1. The molecule has 1 fully saturated rings. The van der Waals surface area contributed by atoms with E-state index in [0.29, 0.717) is 49.9 Å². The summed E-state index contributed by atoms with van der Waals surface area (Å²) in [5, 5.41) is 14.6. The number of nitrogens with one attached hydrogen (secondary N) is 2. The van der Waals surface area contributed by atoms with E-state index in [-0.39, 0.29) is 11.7 Å². The molecule has 0 spiro atoms. The zero-order valence-corrected chi connectivity index (χ0v) is 16.9. The predicted molar refractivity (Wildman–Crippen MR) is 115 cm³/mol. The number of para-hydroxylation sites is 2. The minimum Gasteiger partial charge on any atom is -0.362 e. The van der Waals surface area contributed by atoms with Crippen LogP contribution < -0.4 is 10.2 Å². The summed E-state index contributed by atoms with van der Waals surface area (Å²) in [6.45, 7) is 2.47. The second-order valence-electron chi connectivity index (χ2n) is 7.05. The molecule has 2 aromatic carbocycles. The molecule has 2 amide bonds. The SMILES string of the molecule is O=C(NCCc1nc2ccccc2[nH]1)N1CCN(c2ccc(Cl)cc2[N+](=O)[O-])CC1. The number of halogens is 1. The first-order valence-electron chi connectivity index (χ1n) is 9.66. The van der Waals surface area contributed by atoms with Gasteiger partial charge in [-0.2, -0.15) is 0 Å². The summed E-state index contributed by atoms with van der Waals surface area (Å²) in [5.41, 5.74) is 2.39.